The Labute approximate surface area is 119 Å². The van der Waals surface area contributed by atoms with Crippen LogP contribution in [0.2, 0.25) is 0 Å². The molecule has 0 radical (unpaired) electrons. The minimum absolute atomic E-state index is 0.0110. The van der Waals surface area contributed by atoms with E-state index in [9.17, 15) is 4.79 Å². The van der Waals surface area contributed by atoms with Crippen molar-refractivity contribution < 1.29 is 0 Å². The number of benzene rings is 1. The molecule has 0 bridgehead atoms. The Morgan fingerprint density at radius 1 is 1.25 bits per heavy atom. The van der Waals surface area contributed by atoms with Gasteiger partial charge in [-0.25, -0.2) is 0 Å². The topological polar surface area (TPSA) is 51.3 Å². The Kier molecular flexibility index (Phi) is 4.58. The van der Waals surface area contributed by atoms with Crippen LogP contribution in [0.4, 0.5) is 5.69 Å². The number of hydrogen-bond donors (Lipinski definition) is 1. The van der Waals surface area contributed by atoms with E-state index < -0.39 is 0 Å². The predicted octanol–water partition coefficient (Wildman–Crippen LogP) is 1.87. The maximum atomic E-state index is 11.7. The lowest BCUT2D eigenvalue weighted by atomic mass is 10.1. The first-order valence-corrected chi connectivity index (χ1v) is 6.74. The molecule has 0 amide bonds. The Bertz CT molecular complexity index is 634. The van der Waals surface area contributed by atoms with Gasteiger partial charge in [-0.1, -0.05) is 29.8 Å². The molecule has 0 aliphatic carbocycles. The van der Waals surface area contributed by atoms with E-state index in [1.807, 2.05) is 0 Å². The van der Waals surface area contributed by atoms with E-state index in [1.165, 1.54) is 17.2 Å². The number of nitrogens with two attached hydrogens (primary N) is 1. The van der Waals surface area contributed by atoms with Gasteiger partial charge in [0.05, 0.1) is 0 Å². The Hall–Kier alpha value is -2.07. The van der Waals surface area contributed by atoms with Crippen molar-refractivity contribution >= 4 is 5.69 Å². The standard InChI is InChI=1S/C16H21N3O/c1-13-4-3-5-14(10-13)11-18(2)8-9-19-12-15(17)6-7-16(19)20/h3-7,10,12H,8-9,11,17H2,1-2H3. The van der Waals surface area contributed by atoms with Crippen LogP contribution in [-0.4, -0.2) is 23.1 Å². The van der Waals surface area contributed by atoms with E-state index in [0.717, 1.165) is 13.1 Å². The molecule has 2 aromatic rings. The molecule has 0 atom stereocenters. The molecule has 0 spiro atoms. The van der Waals surface area contributed by atoms with Crippen LogP contribution in [0.5, 0.6) is 0 Å². The molecule has 2 rings (SSSR count). The normalized spacial score (nSPS) is 10.9. The molecule has 1 aromatic carbocycles. The minimum atomic E-state index is -0.0110. The predicted molar refractivity (Wildman–Crippen MR) is 82.6 cm³/mol. The first kappa shape index (κ1) is 14.3. The molecule has 2 N–H and O–H groups in total. The summed E-state index contributed by atoms with van der Waals surface area (Å²) in [5.41, 5.74) is 8.86. The maximum Gasteiger partial charge on any atom is 0.250 e. The van der Waals surface area contributed by atoms with Gasteiger partial charge < -0.3 is 15.2 Å². The number of pyridine rings is 1. The number of anilines is 1. The number of likely N-dealkylation sites (N-methyl/N-ethyl adjacent to an activating group) is 1. The molecule has 4 nitrogen and oxygen atoms in total. The molecule has 1 heterocycles. The second-order valence-corrected chi connectivity index (χ2v) is 5.22. The van der Waals surface area contributed by atoms with Crippen molar-refractivity contribution in [2.24, 2.45) is 0 Å². The number of aromatic nitrogens is 1. The van der Waals surface area contributed by atoms with Crippen LogP contribution in [0.15, 0.2) is 47.4 Å². The third-order valence-corrected chi connectivity index (χ3v) is 3.26. The fourth-order valence-corrected chi connectivity index (χ4v) is 2.20. The number of hydrogen-bond acceptors (Lipinski definition) is 3. The quantitative estimate of drug-likeness (QED) is 0.903. The Morgan fingerprint density at radius 3 is 2.80 bits per heavy atom. The van der Waals surface area contributed by atoms with Gasteiger partial charge in [0, 0.05) is 37.6 Å². The van der Waals surface area contributed by atoms with E-state index in [4.69, 9.17) is 5.73 Å². The molecule has 1 aromatic heterocycles. The first-order valence-electron chi connectivity index (χ1n) is 6.74. The number of aryl methyl sites for hydroxylation is 1. The molecular weight excluding hydrogens is 250 g/mol. The van der Waals surface area contributed by atoms with E-state index in [0.29, 0.717) is 12.2 Å². The summed E-state index contributed by atoms with van der Waals surface area (Å²) in [7, 11) is 2.06. The van der Waals surface area contributed by atoms with Crippen LogP contribution < -0.4 is 11.3 Å². The second-order valence-electron chi connectivity index (χ2n) is 5.22. The first-order chi connectivity index (χ1) is 9.54. The lowest BCUT2D eigenvalue weighted by Crippen LogP contribution is -2.28. The SMILES string of the molecule is Cc1cccc(CN(C)CCn2cc(N)ccc2=O)c1. The van der Waals surface area contributed by atoms with Crippen LogP contribution in [-0.2, 0) is 13.1 Å². The van der Waals surface area contributed by atoms with Gasteiger partial charge in [-0.05, 0) is 25.6 Å². The average Bonchev–Trinajstić information content (AvgIpc) is 2.40. The van der Waals surface area contributed by atoms with Crippen molar-refractivity contribution in [3.8, 4) is 0 Å². The van der Waals surface area contributed by atoms with Crippen molar-refractivity contribution in [3.63, 3.8) is 0 Å². The summed E-state index contributed by atoms with van der Waals surface area (Å²) in [6.07, 6.45) is 1.70. The van der Waals surface area contributed by atoms with Crippen molar-refractivity contribution in [1.29, 1.82) is 0 Å². The number of rotatable bonds is 5. The lowest BCUT2D eigenvalue weighted by molar-refractivity contribution is 0.310. The van der Waals surface area contributed by atoms with Crippen LogP contribution >= 0.6 is 0 Å². The van der Waals surface area contributed by atoms with Crippen LogP contribution in [0.1, 0.15) is 11.1 Å². The summed E-state index contributed by atoms with van der Waals surface area (Å²) in [6, 6.07) is 11.6. The van der Waals surface area contributed by atoms with Crippen LogP contribution in [0.3, 0.4) is 0 Å². The fourth-order valence-electron chi connectivity index (χ4n) is 2.20. The summed E-state index contributed by atoms with van der Waals surface area (Å²) >= 11 is 0. The van der Waals surface area contributed by atoms with Crippen molar-refractivity contribution in [2.45, 2.75) is 20.0 Å². The molecule has 4 heteroatoms. The third-order valence-electron chi connectivity index (χ3n) is 3.26. The molecule has 0 saturated carbocycles. The highest BCUT2D eigenvalue weighted by atomic mass is 16.1. The van der Waals surface area contributed by atoms with Crippen molar-refractivity contribution in [1.82, 2.24) is 9.47 Å². The highest BCUT2D eigenvalue weighted by Crippen LogP contribution is 2.06. The Morgan fingerprint density at radius 2 is 2.05 bits per heavy atom. The molecule has 0 saturated heterocycles. The summed E-state index contributed by atoms with van der Waals surface area (Å²) in [5, 5.41) is 0. The lowest BCUT2D eigenvalue weighted by Gasteiger charge is -2.17. The fraction of sp³-hybridized carbons (Fsp3) is 0.312. The van der Waals surface area contributed by atoms with Gasteiger partial charge in [-0.2, -0.15) is 0 Å². The van der Waals surface area contributed by atoms with E-state index >= 15 is 0 Å². The smallest absolute Gasteiger partial charge is 0.250 e. The van der Waals surface area contributed by atoms with Gasteiger partial charge in [-0.15, -0.1) is 0 Å². The van der Waals surface area contributed by atoms with Gasteiger partial charge in [0.15, 0.2) is 0 Å². The maximum absolute atomic E-state index is 11.7. The zero-order chi connectivity index (χ0) is 14.5. The van der Waals surface area contributed by atoms with Gasteiger partial charge in [0.2, 0.25) is 0 Å². The van der Waals surface area contributed by atoms with Gasteiger partial charge in [0.25, 0.3) is 5.56 Å². The van der Waals surface area contributed by atoms with Gasteiger partial charge >= 0.3 is 0 Å². The summed E-state index contributed by atoms with van der Waals surface area (Å²) in [5.74, 6) is 0. The zero-order valence-corrected chi connectivity index (χ0v) is 12.0. The van der Waals surface area contributed by atoms with Gasteiger partial charge in [0.1, 0.15) is 0 Å². The summed E-state index contributed by atoms with van der Waals surface area (Å²) in [6.45, 7) is 4.41. The third kappa shape index (κ3) is 3.96. The highest BCUT2D eigenvalue weighted by molar-refractivity contribution is 5.33. The minimum Gasteiger partial charge on any atom is -0.398 e. The highest BCUT2D eigenvalue weighted by Gasteiger charge is 2.02. The molecule has 0 unspecified atom stereocenters. The van der Waals surface area contributed by atoms with Crippen LogP contribution in [0.25, 0.3) is 0 Å². The molecule has 0 aliphatic rings. The molecule has 20 heavy (non-hydrogen) atoms. The van der Waals surface area contributed by atoms with E-state index in [-0.39, 0.29) is 5.56 Å². The zero-order valence-electron chi connectivity index (χ0n) is 12.0. The van der Waals surface area contributed by atoms with Gasteiger partial charge in [-0.3, -0.25) is 4.79 Å². The molecule has 0 aliphatic heterocycles. The second kappa shape index (κ2) is 6.39. The van der Waals surface area contributed by atoms with Crippen molar-refractivity contribution in [3.05, 3.63) is 64.1 Å². The summed E-state index contributed by atoms with van der Waals surface area (Å²) in [4.78, 5) is 13.9. The molecular formula is C16H21N3O. The van der Waals surface area contributed by atoms with E-state index in [1.54, 1.807) is 16.8 Å². The Balaban J connectivity index is 1.93. The average molecular weight is 271 g/mol. The molecule has 106 valence electrons. The number of nitrogen functional groups attached to an aromatic ring is 1. The van der Waals surface area contributed by atoms with Crippen LogP contribution in [0, 0.1) is 6.92 Å². The largest absolute Gasteiger partial charge is 0.398 e. The van der Waals surface area contributed by atoms with E-state index in [2.05, 4.69) is 43.1 Å². The molecule has 0 fully saturated rings. The summed E-state index contributed by atoms with van der Waals surface area (Å²) < 4.78 is 1.65. The number of nitrogens with zero attached hydrogens (tertiary/aromatic N) is 2. The van der Waals surface area contributed by atoms with Crippen molar-refractivity contribution in [2.75, 3.05) is 19.3 Å². The monoisotopic (exact) mass is 271 g/mol.